The van der Waals surface area contributed by atoms with Gasteiger partial charge in [0, 0.05) is 36.6 Å². The van der Waals surface area contributed by atoms with Crippen LogP contribution in [0.3, 0.4) is 0 Å². The number of benzene rings is 3. The van der Waals surface area contributed by atoms with Crippen LogP contribution in [-0.4, -0.2) is 43.3 Å². The van der Waals surface area contributed by atoms with Gasteiger partial charge in [-0.2, -0.15) is 13.2 Å². The molecule has 1 fully saturated rings. The molecule has 1 aliphatic rings. The van der Waals surface area contributed by atoms with Crippen molar-refractivity contribution in [3.8, 4) is 0 Å². The van der Waals surface area contributed by atoms with Crippen LogP contribution in [0.25, 0.3) is 10.9 Å². The van der Waals surface area contributed by atoms with E-state index in [1.54, 1.807) is 10.6 Å². The number of nitrogens with zero attached hydrogens (tertiary/aromatic N) is 3. The van der Waals surface area contributed by atoms with Crippen molar-refractivity contribution in [1.29, 1.82) is 0 Å². The van der Waals surface area contributed by atoms with E-state index < -0.39 is 23.0 Å². The van der Waals surface area contributed by atoms with Gasteiger partial charge in [0.25, 0.3) is 0 Å². The minimum atomic E-state index is -4.47. The van der Waals surface area contributed by atoms with Gasteiger partial charge >= 0.3 is 6.18 Å². The normalized spacial score (nSPS) is 15.8. The minimum Gasteiger partial charge on any atom is -0.393 e. The molecule has 7 nitrogen and oxygen atoms in total. The van der Waals surface area contributed by atoms with Gasteiger partial charge in [-0.25, -0.2) is 4.39 Å². The number of oxime groups is 1. The van der Waals surface area contributed by atoms with Crippen LogP contribution in [0, 0.1) is 5.82 Å². The molecule has 0 bridgehead atoms. The molecule has 2 heterocycles. The van der Waals surface area contributed by atoms with E-state index in [1.807, 2.05) is 49.1 Å². The lowest BCUT2D eigenvalue weighted by Crippen LogP contribution is -2.37. The fraction of sp³-hybridized carbons (Fsp3) is 0.333. The molecular formula is C33H34F4N4O3. The van der Waals surface area contributed by atoms with Crippen LogP contribution in [-0.2, 0) is 27.7 Å². The van der Waals surface area contributed by atoms with Crippen molar-refractivity contribution in [2.24, 2.45) is 10.9 Å². The number of fused-ring (bicyclic) bond motifs is 1. The number of hydrogen-bond donors (Lipinski definition) is 1. The Morgan fingerprint density at radius 3 is 2.34 bits per heavy atom. The molecule has 1 aliphatic heterocycles. The van der Waals surface area contributed by atoms with E-state index in [9.17, 15) is 18.0 Å². The molecule has 1 aromatic heterocycles. The third-order valence-corrected chi connectivity index (χ3v) is 8.21. The number of nitrogens with two attached hydrogens (primary N) is 1. The first-order valence-corrected chi connectivity index (χ1v) is 14.4. The molecular weight excluding hydrogens is 576 g/mol. The van der Waals surface area contributed by atoms with E-state index >= 15 is 4.39 Å². The quantitative estimate of drug-likeness (QED) is 0.108. The van der Waals surface area contributed by atoms with Crippen molar-refractivity contribution < 1.29 is 27.1 Å². The Hall–Kier alpha value is -4.38. The maximum Gasteiger partial charge on any atom is 0.416 e. The third-order valence-electron chi connectivity index (χ3n) is 8.21. The van der Waals surface area contributed by atoms with Crippen LogP contribution in [0.2, 0.25) is 0 Å². The highest BCUT2D eigenvalue weighted by atomic mass is 19.4. The van der Waals surface area contributed by atoms with Crippen molar-refractivity contribution in [2.45, 2.75) is 38.4 Å². The lowest BCUT2D eigenvalue weighted by atomic mass is 9.81. The van der Waals surface area contributed by atoms with Crippen LogP contribution in [0.4, 0.5) is 23.2 Å². The summed E-state index contributed by atoms with van der Waals surface area (Å²) >= 11 is 0. The van der Waals surface area contributed by atoms with Gasteiger partial charge in [-0.1, -0.05) is 61.5 Å². The maximum absolute atomic E-state index is 15.4. The number of anilines is 1. The largest absolute Gasteiger partial charge is 0.416 e. The van der Waals surface area contributed by atoms with E-state index in [0.29, 0.717) is 43.1 Å². The first kappa shape index (κ1) is 31.1. The number of rotatable bonds is 9. The molecule has 2 N–H and O–H groups in total. The molecule has 0 amide bonds. The Bertz CT molecular complexity index is 1700. The first-order chi connectivity index (χ1) is 21.0. The molecule has 0 saturated carbocycles. The summed E-state index contributed by atoms with van der Waals surface area (Å²) in [5.74, 6) is -0.773. The van der Waals surface area contributed by atoms with Gasteiger partial charge in [-0.05, 0) is 41.8 Å². The van der Waals surface area contributed by atoms with Gasteiger partial charge in [0.05, 0.1) is 35.5 Å². The number of hydrogen-bond acceptors (Lipinski definition) is 5. The molecule has 3 aromatic carbocycles. The van der Waals surface area contributed by atoms with E-state index in [4.69, 9.17) is 15.3 Å². The lowest BCUT2D eigenvalue weighted by molar-refractivity contribution is -0.137. The van der Waals surface area contributed by atoms with Gasteiger partial charge in [0.15, 0.2) is 5.84 Å². The first-order valence-electron chi connectivity index (χ1n) is 14.4. The van der Waals surface area contributed by atoms with Crippen LogP contribution in [0.1, 0.15) is 42.5 Å². The number of amidine groups is 1. The van der Waals surface area contributed by atoms with Crippen molar-refractivity contribution in [2.75, 3.05) is 37.8 Å². The predicted molar refractivity (Wildman–Crippen MR) is 163 cm³/mol. The van der Waals surface area contributed by atoms with Crippen molar-refractivity contribution in [3.63, 3.8) is 0 Å². The monoisotopic (exact) mass is 610 g/mol. The topological polar surface area (TPSA) is 82.1 Å². The summed E-state index contributed by atoms with van der Waals surface area (Å²) < 4.78 is 62.0. The van der Waals surface area contributed by atoms with Crippen LogP contribution < -0.4 is 16.1 Å². The Morgan fingerprint density at radius 2 is 1.70 bits per heavy atom. The van der Waals surface area contributed by atoms with Gasteiger partial charge < -0.3 is 24.8 Å². The number of halogens is 4. The predicted octanol–water partition coefficient (Wildman–Crippen LogP) is 6.05. The number of pyridine rings is 1. The minimum absolute atomic E-state index is 0.0131. The summed E-state index contributed by atoms with van der Waals surface area (Å²) in [5.41, 5.74) is 6.90. The maximum atomic E-state index is 15.4. The Balaban J connectivity index is 1.54. The highest BCUT2D eigenvalue weighted by molar-refractivity contribution is 6.00. The molecule has 0 radical (unpaired) electrons. The Morgan fingerprint density at radius 1 is 1.02 bits per heavy atom. The summed E-state index contributed by atoms with van der Waals surface area (Å²) in [4.78, 5) is 21.2. The standard InChI is InChI=1S/C33H34F4N4O3/c1-3-32(2,23-7-5-4-6-8-23)21-44-39-31(38)26-20-41(19-22-9-11-24(12-10-22)33(35,36)37)28-18-29(40-13-15-43-16-14-40)27(34)17-25(28)30(26)42/h4-12,17-18,20H,3,13-16,19,21H2,1-2H3,(H2,38,39). The zero-order valence-corrected chi connectivity index (χ0v) is 24.5. The Kier molecular flexibility index (Phi) is 8.96. The van der Waals surface area contributed by atoms with E-state index in [0.717, 1.165) is 24.1 Å². The molecule has 44 heavy (non-hydrogen) atoms. The molecule has 11 heteroatoms. The SMILES string of the molecule is CCC(C)(CO/N=C(\N)c1cn(Cc2ccc(C(F)(F)F)cc2)c2cc(N3CCOCC3)c(F)cc2c1=O)c1ccccc1. The fourth-order valence-electron chi connectivity index (χ4n) is 5.28. The second kappa shape index (κ2) is 12.7. The molecule has 1 atom stereocenters. The number of aromatic nitrogens is 1. The van der Waals surface area contributed by atoms with Crippen LogP contribution in [0.5, 0.6) is 0 Å². The van der Waals surface area contributed by atoms with Crippen molar-refractivity contribution in [1.82, 2.24) is 4.57 Å². The smallest absolute Gasteiger partial charge is 0.393 e. The Labute approximate surface area is 252 Å². The van der Waals surface area contributed by atoms with Crippen LogP contribution in [0.15, 0.2) is 82.9 Å². The van der Waals surface area contributed by atoms with E-state index in [1.165, 1.54) is 24.4 Å². The van der Waals surface area contributed by atoms with E-state index in [2.05, 4.69) is 5.16 Å². The summed E-state index contributed by atoms with van der Waals surface area (Å²) in [6, 6.07) is 17.3. The van der Waals surface area contributed by atoms with Gasteiger partial charge in [-0.3, -0.25) is 4.79 Å². The second-order valence-electron chi connectivity index (χ2n) is 11.1. The van der Waals surface area contributed by atoms with Crippen molar-refractivity contribution in [3.05, 3.63) is 111 Å². The number of alkyl halides is 3. The van der Waals surface area contributed by atoms with Gasteiger partial charge in [0.1, 0.15) is 12.4 Å². The average molecular weight is 611 g/mol. The molecule has 1 unspecified atom stereocenters. The molecule has 4 aromatic rings. The zero-order valence-electron chi connectivity index (χ0n) is 24.5. The van der Waals surface area contributed by atoms with E-state index in [-0.39, 0.29) is 35.4 Å². The summed E-state index contributed by atoms with van der Waals surface area (Å²) in [7, 11) is 0. The third kappa shape index (κ3) is 6.57. The summed E-state index contributed by atoms with van der Waals surface area (Å²) in [5, 5.41) is 4.12. The van der Waals surface area contributed by atoms with Crippen LogP contribution >= 0.6 is 0 Å². The molecule has 0 spiro atoms. The highest BCUT2D eigenvalue weighted by Crippen LogP contribution is 2.31. The molecule has 1 saturated heterocycles. The highest BCUT2D eigenvalue weighted by Gasteiger charge is 2.30. The fourth-order valence-corrected chi connectivity index (χ4v) is 5.28. The van der Waals surface area contributed by atoms with Crippen molar-refractivity contribution >= 4 is 22.4 Å². The molecule has 5 rings (SSSR count). The molecule has 232 valence electrons. The summed E-state index contributed by atoms with van der Waals surface area (Å²) in [6.45, 7) is 6.17. The lowest BCUT2D eigenvalue weighted by Gasteiger charge is -2.29. The second-order valence-corrected chi connectivity index (χ2v) is 11.1. The molecule has 0 aliphatic carbocycles. The summed E-state index contributed by atoms with van der Waals surface area (Å²) in [6.07, 6.45) is -2.23. The zero-order chi connectivity index (χ0) is 31.5. The average Bonchev–Trinajstić information content (AvgIpc) is 3.02. The number of morpholine rings is 1. The number of ether oxygens (including phenoxy) is 1. The van der Waals surface area contributed by atoms with Gasteiger partial charge in [-0.15, -0.1) is 0 Å². The van der Waals surface area contributed by atoms with Gasteiger partial charge in [0.2, 0.25) is 5.43 Å².